The number of anilines is 3. The Balaban J connectivity index is 0.955. The number of para-hydroxylation sites is 1. The highest BCUT2D eigenvalue weighted by molar-refractivity contribution is 5.98. The number of nitrogens with zero attached hydrogens (tertiary/aromatic N) is 1. The summed E-state index contributed by atoms with van der Waals surface area (Å²) in [5.41, 5.74) is 20.5. The van der Waals surface area contributed by atoms with Gasteiger partial charge >= 0.3 is 0 Å². The molecule has 6 aromatic rings. The summed E-state index contributed by atoms with van der Waals surface area (Å²) in [4.78, 5) is 2.45. The van der Waals surface area contributed by atoms with Crippen molar-refractivity contribution in [3.8, 4) is 11.1 Å². The van der Waals surface area contributed by atoms with E-state index in [9.17, 15) is 0 Å². The van der Waals surface area contributed by atoms with Gasteiger partial charge in [-0.3, -0.25) is 0 Å². The van der Waals surface area contributed by atoms with Gasteiger partial charge in [-0.25, -0.2) is 4.39 Å². The van der Waals surface area contributed by atoms with Gasteiger partial charge in [0.15, 0.2) is 0 Å². The minimum absolute atomic E-state index is 0.0796. The molecule has 1 fully saturated rings. The molecule has 9 atom stereocenters. The Morgan fingerprint density at radius 1 is 0.544 bits per heavy atom. The topological polar surface area (TPSA) is 3.24 Å². The van der Waals surface area contributed by atoms with E-state index in [0.29, 0.717) is 5.92 Å². The summed E-state index contributed by atoms with van der Waals surface area (Å²) in [6.07, 6.45) is 33.5. The van der Waals surface area contributed by atoms with Crippen LogP contribution >= 0.6 is 0 Å². The van der Waals surface area contributed by atoms with E-state index in [1.807, 2.05) is 18.2 Å². The number of alkyl halides is 1. The molecule has 0 heterocycles. The minimum atomic E-state index is -1.02. The van der Waals surface area contributed by atoms with Crippen LogP contribution in [0.15, 0.2) is 247 Å². The van der Waals surface area contributed by atoms with E-state index in [1.165, 1.54) is 61.2 Å². The summed E-state index contributed by atoms with van der Waals surface area (Å²) in [7, 11) is 0. The van der Waals surface area contributed by atoms with Gasteiger partial charge in [-0.2, -0.15) is 0 Å². The number of hydrogen-bond acceptors (Lipinski definition) is 1. The lowest BCUT2D eigenvalue weighted by Crippen LogP contribution is -2.35. The predicted octanol–water partition coefficient (Wildman–Crippen LogP) is 16.1. The zero-order valence-electron chi connectivity index (χ0n) is 38.0. The number of halogens is 1. The third-order valence-electron chi connectivity index (χ3n) is 16.9. The molecule has 68 heavy (non-hydrogen) atoms. The van der Waals surface area contributed by atoms with E-state index in [2.05, 4.69) is 217 Å². The largest absolute Gasteiger partial charge is 0.310 e. The Bertz CT molecular complexity index is 3320. The standard InChI is InChI=1S/C66H52FN/c67-65-45-21-10-13-28-55(65)54(29-16-23-45)64-61(44-19-6-2-7-20-44)62(64)47-33-37-53-52-27-14-15-30-57(52)66(58(53)40-47)59-41-50(36-38-56(59)63-51-26-12-11-22-46(51)39-60(63)66)68(48-24-8-3-9-25-48)49-34-31-43(32-35-49)42-17-4-1-5-18-42/h1,3-6,8-38,40-41,52,54-55,57,61-62,64-65H,2,7,39H2. The molecule has 0 amide bonds. The van der Waals surface area contributed by atoms with Crippen molar-refractivity contribution in [1.82, 2.24) is 0 Å². The Labute approximate surface area is 399 Å². The molecule has 2 heteroatoms. The Kier molecular flexibility index (Phi) is 9.16. The third kappa shape index (κ3) is 5.92. The van der Waals surface area contributed by atoms with E-state index in [-0.39, 0.29) is 40.9 Å². The van der Waals surface area contributed by atoms with Gasteiger partial charge in [0.2, 0.25) is 0 Å². The van der Waals surface area contributed by atoms with E-state index >= 15 is 4.39 Å². The van der Waals surface area contributed by atoms with Gasteiger partial charge in [0.1, 0.15) is 6.17 Å². The average Bonchev–Trinajstić information content (AvgIpc) is 3.91. The van der Waals surface area contributed by atoms with E-state index in [0.717, 1.165) is 41.9 Å². The fourth-order valence-corrected chi connectivity index (χ4v) is 14.0. The first-order valence-electron chi connectivity index (χ1n) is 24.9. The summed E-state index contributed by atoms with van der Waals surface area (Å²) < 4.78 is 16.6. The molecular weight excluding hydrogens is 826 g/mol. The van der Waals surface area contributed by atoms with Crippen molar-refractivity contribution in [2.75, 3.05) is 4.90 Å². The number of fused-ring (bicyclic) bond motifs is 13. The van der Waals surface area contributed by atoms with E-state index in [4.69, 9.17) is 0 Å². The molecular formula is C66H52FN. The molecule has 0 radical (unpaired) electrons. The second-order valence-electron chi connectivity index (χ2n) is 20.1. The molecule has 8 aliphatic carbocycles. The van der Waals surface area contributed by atoms with Crippen molar-refractivity contribution in [2.24, 2.45) is 29.6 Å². The van der Waals surface area contributed by atoms with Crippen LogP contribution in [0.25, 0.3) is 16.7 Å². The molecule has 1 saturated carbocycles. The lowest BCUT2D eigenvalue weighted by Gasteiger charge is -2.38. The van der Waals surface area contributed by atoms with Gasteiger partial charge in [-0.05, 0) is 152 Å². The smallest absolute Gasteiger partial charge is 0.132 e. The number of allylic oxidation sites excluding steroid dienone is 17. The molecule has 9 unspecified atom stereocenters. The Hall–Kier alpha value is -7.29. The third-order valence-corrected chi connectivity index (χ3v) is 16.9. The van der Waals surface area contributed by atoms with Crippen LogP contribution in [0.1, 0.15) is 63.6 Å². The lowest BCUT2D eigenvalue weighted by atomic mass is 9.64. The van der Waals surface area contributed by atoms with Crippen LogP contribution in [-0.2, 0) is 11.8 Å². The van der Waals surface area contributed by atoms with E-state index < -0.39 is 6.17 Å². The van der Waals surface area contributed by atoms with Crippen LogP contribution < -0.4 is 4.90 Å². The van der Waals surface area contributed by atoms with Crippen molar-refractivity contribution in [3.05, 3.63) is 286 Å². The van der Waals surface area contributed by atoms with Crippen molar-refractivity contribution >= 4 is 22.6 Å². The van der Waals surface area contributed by atoms with Gasteiger partial charge in [0, 0.05) is 34.8 Å². The minimum Gasteiger partial charge on any atom is -0.310 e. The second kappa shape index (κ2) is 15.6. The first-order valence-corrected chi connectivity index (χ1v) is 24.9. The highest BCUT2D eigenvalue weighted by Crippen LogP contribution is 2.70. The highest BCUT2D eigenvalue weighted by atomic mass is 19.1. The molecule has 0 aliphatic heterocycles. The number of benzene rings is 6. The van der Waals surface area contributed by atoms with Gasteiger partial charge in [0.05, 0.1) is 5.41 Å². The fraction of sp³-hybridized carbons (Fsp3) is 0.182. The molecule has 0 aromatic heterocycles. The molecule has 14 rings (SSSR count). The Morgan fingerprint density at radius 3 is 2.15 bits per heavy atom. The normalized spacial score (nSPS) is 28.3. The first kappa shape index (κ1) is 39.8. The van der Waals surface area contributed by atoms with Crippen molar-refractivity contribution in [2.45, 2.75) is 42.7 Å². The first-order chi connectivity index (χ1) is 33.7. The van der Waals surface area contributed by atoms with Crippen LogP contribution in [0.3, 0.4) is 0 Å². The van der Waals surface area contributed by atoms with Gasteiger partial charge in [0.25, 0.3) is 0 Å². The molecule has 1 nitrogen and oxygen atoms in total. The zero-order chi connectivity index (χ0) is 44.9. The fourth-order valence-electron chi connectivity index (χ4n) is 14.0. The summed E-state index contributed by atoms with van der Waals surface area (Å²) >= 11 is 0. The van der Waals surface area contributed by atoms with Crippen molar-refractivity contribution in [3.63, 3.8) is 0 Å². The van der Waals surface area contributed by atoms with Gasteiger partial charge < -0.3 is 4.90 Å². The van der Waals surface area contributed by atoms with E-state index in [1.54, 1.807) is 5.57 Å². The number of rotatable bonds is 7. The zero-order valence-corrected chi connectivity index (χ0v) is 38.0. The Morgan fingerprint density at radius 2 is 1.29 bits per heavy atom. The second-order valence-corrected chi connectivity index (χ2v) is 20.1. The maximum absolute atomic E-state index is 16.6. The molecule has 0 saturated heterocycles. The molecule has 6 aromatic carbocycles. The van der Waals surface area contributed by atoms with Crippen LogP contribution in [0, 0.1) is 29.6 Å². The SMILES string of the molecule is FC1C2=CC=CC(C3C(C4=CCCC=C4)C3c3ccc4c(c3)C3(C5=C(c6ccccc6C5)c5ccc(N(c6ccccc6)c6ccc(-c7ccccc7)cc6)cc53)C3C=CC=CC43)C1C=CC=C2. The van der Waals surface area contributed by atoms with Crippen molar-refractivity contribution in [1.29, 1.82) is 0 Å². The summed E-state index contributed by atoms with van der Waals surface area (Å²) in [5, 5.41) is 0. The average molecular weight is 878 g/mol. The number of hydrogen-bond donors (Lipinski definition) is 0. The van der Waals surface area contributed by atoms with Crippen LogP contribution in [0.4, 0.5) is 21.5 Å². The molecule has 1 spiro atoms. The van der Waals surface area contributed by atoms with Crippen LogP contribution in [-0.4, -0.2) is 6.17 Å². The maximum atomic E-state index is 16.6. The lowest BCUT2D eigenvalue weighted by molar-refractivity contribution is 0.248. The maximum Gasteiger partial charge on any atom is 0.132 e. The van der Waals surface area contributed by atoms with Gasteiger partial charge in [-0.15, -0.1) is 0 Å². The molecule has 8 aliphatic rings. The van der Waals surface area contributed by atoms with Crippen LogP contribution in [0.2, 0.25) is 0 Å². The van der Waals surface area contributed by atoms with Crippen molar-refractivity contribution < 1.29 is 4.39 Å². The summed E-state index contributed by atoms with van der Waals surface area (Å²) in [6.45, 7) is 0. The van der Waals surface area contributed by atoms with Gasteiger partial charge in [-0.1, -0.05) is 194 Å². The molecule has 0 N–H and O–H groups in total. The molecule has 328 valence electrons. The summed E-state index contributed by atoms with van der Waals surface area (Å²) in [5.74, 6) is 1.23. The highest BCUT2D eigenvalue weighted by Gasteiger charge is 2.61. The summed E-state index contributed by atoms with van der Waals surface area (Å²) in [6, 6.07) is 54.8. The molecule has 2 bridgehead atoms. The quantitative estimate of drug-likeness (QED) is 0.154. The van der Waals surface area contributed by atoms with Crippen LogP contribution in [0.5, 0.6) is 0 Å². The predicted molar refractivity (Wildman–Crippen MR) is 278 cm³/mol. The monoisotopic (exact) mass is 877 g/mol.